The lowest BCUT2D eigenvalue weighted by Gasteiger charge is -2.16. The van der Waals surface area contributed by atoms with Crippen molar-refractivity contribution in [3.8, 4) is 0 Å². The minimum atomic E-state index is 0.227. The molecule has 1 heteroatoms. The van der Waals surface area contributed by atoms with Crippen molar-refractivity contribution in [2.75, 3.05) is 0 Å². The molecule has 65 valence electrons. The standard InChI is InChI=1S/C10H19O/c1-5-7-9(8(3)4)10(11)6-2/h9H,5-7H2,1-4H3. The molecule has 0 heterocycles. The van der Waals surface area contributed by atoms with Crippen molar-refractivity contribution in [1.82, 2.24) is 0 Å². The van der Waals surface area contributed by atoms with E-state index in [0.717, 1.165) is 12.8 Å². The molecule has 1 atom stereocenters. The number of ketones is 1. The Morgan fingerprint density at radius 1 is 1.27 bits per heavy atom. The van der Waals surface area contributed by atoms with E-state index in [2.05, 4.69) is 6.92 Å². The average Bonchev–Trinajstić information content (AvgIpc) is 1.98. The fourth-order valence-corrected chi connectivity index (χ4v) is 1.31. The van der Waals surface area contributed by atoms with E-state index >= 15 is 0 Å². The maximum absolute atomic E-state index is 11.3. The summed E-state index contributed by atoms with van der Waals surface area (Å²) in [5.74, 6) is 1.88. The van der Waals surface area contributed by atoms with Crippen LogP contribution in [0.2, 0.25) is 0 Å². The molecule has 1 nitrogen and oxygen atoms in total. The van der Waals surface area contributed by atoms with Crippen LogP contribution in [0.3, 0.4) is 0 Å². The molecule has 0 aromatic carbocycles. The van der Waals surface area contributed by atoms with Crippen LogP contribution < -0.4 is 0 Å². The molecular formula is C10H19O. The molecule has 11 heavy (non-hydrogen) atoms. The first-order valence-electron chi connectivity index (χ1n) is 4.46. The minimum absolute atomic E-state index is 0.227. The molecule has 0 saturated carbocycles. The van der Waals surface area contributed by atoms with Crippen molar-refractivity contribution in [2.24, 2.45) is 5.92 Å². The van der Waals surface area contributed by atoms with E-state index in [1.165, 1.54) is 5.92 Å². The summed E-state index contributed by atoms with van der Waals surface area (Å²) in [5, 5.41) is 0. The molecule has 0 aliphatic heterocycles. The average molecular weight is 155 g/mol. The van der Waals surface area contributed by atoms with Gasteiger partial charge in [-0.25, -0.2) is 0 Å². The SMILES string of the molecule is CCCC([C](C)C)C(=O)CC. The minimum Gasteiger partial charge on any atom is -0.299 e. The third-order valence-electron chi connectivity index (χ3n) is 2.01. The van der Waals surface area contributed by atoms with E-state index in [4.69, 9.17) is 0 Å². The van der Waals surface area contributed by atoms with Gasteiger partial charge in [0.25, 0.3) is 0 Å². The van der Waals surface area contributed by atoms with Gasteiger partial charge < -0.3 is 0 Å². The van der Waals surface area contributed by atoms with Gasteiger partial charge in [0.1, 0.15) is 5.78 Å². The molecular weight excluding hydrogens is 136 g/mol. The van der Waals surface area contributed by atoms with E-state index < -0.39 is 0 Å². The van der Waals surface area contributed by atoms with Gasteiger partial charge in [-0.3, -0.25) is 4.79 Å². The summed E-state index contributed by atoms with van der Waals surface area (Å²) in [6, 6.07) is 0. The van der Waals surface area contributed by atoms with E-state index in [1.54, 1.807) is 0 Å². The lowest BCUT2D eigenvalue weighted by Crippen LogP contribution is -2.17. The van der Waals surface area contributed by atoms with E-state index in [1.807, 2.05) is 20.8 Å². The number of hydrogen-bond donors (Lipinski definition) is 0. The van der Waals surface area contributed by atoms with Crippen LogP contribution in [0, 0.1) is 11.8 Å². The van der Waals surface area contributed by atoms with E-state index in [9.17, 15) is 4.79 Å². The zero-order valence-corrected chi connectivity index (χ0v) is 8.11. The van der Waals surface area contributed by atoms with Crippen molar-refractivity contribution in [3.05, 3.63) is 5.92 Å². The van der Waals surface area contributed by atoms with Gasteiger partial charge in [-0.1, -0.05) is 34.1 Å². The topological polar surface area (TPSA) is 17.1 Å². The third kappa shape index (κ3) is 3.54. The summed E-state index contributed by atoms with van der Waals surface area (Å²) in [6.45, 7) is 8.16. The van der Waals surface area contributed by atoms with Crippen LogP contribution in [0.25, 0.3) is 0 Å². The third-order valence-corrected chi connectivity index (χ3v) is 2.01. The second-order valence-corrected chi connectivity index (χ2v) is 3.24. The maximum atomic E-state index is 11.3. The summed E-state index contributed by atoms with van der Waals surface area (Å²) in [5.41, 5.74) is 0. The van der Waals surface area contributed by atoms with Gasteiger partial charge in [0.05, 0.1) is 0 Å². The fourth-order valence-electron chi connectivity index (χ4n) is 1.31. The molecule has 0 amide bonds. The number of carbonyl (C=O) groups is 1. The number of Topliss-reactive ketones (excluding diaryl/α,β-unsaturated/α-hetero) is 1. The molecule has 0 saturated heterocycles. The van der Waals surface area contributed by atoms with Crippen molar-refractivity contribution in [1.29, 1.82) is 0 Å². The van der Waals surface area contributed by atoms with E-state index in [0.29, 0.717) is 12.2 Å². The monoisotopic (exact) mass is 155 g/mol. The number of carbonyl (C=O) groups excluding carboxylic acids is 1. The van der Waals surface area contributed by atoms with Crippen molar-refractivity contribution in [2.45, 2.75) is 47.0 Å². The maximum Gasteiger partial charge on any atom is 0.136 e. The van der Waals surface area contributed by atoms with Crippen LogP contribution in [-0.4, -0.2) is 5.78 Å². The highest BCUT2D eigenvalue weighted by atomic mass is 16.1. The van der Waals surface area contributed by atoms with Crippen LogP contribution in [0.1, 0.15) is 47.0 Å². The molecule has 1 unspecified atom stereocenters. The Bertz CT molecular complexity index is 116. The summed E-state index contributed by atoms with van der Waals surface area (Å²) in [7, 11) is 0. The summed E-state index contributed by atoms with van der Waals surface area (Å²) < 4.78 is 0. The number of rotatable bonds is 5. The summed E-state index contributed by atoms with van der Waals surface area (Å²) >= 11 is 0. The summed E-state index contributed by atoms with van der Waals surface area (Å²) in [4.78, 5) is 11.3. The largest absolute Gasteiger partial charge is 0.299 e. The Morgan fingerprint density at radius 2 is 1.82 bits per heavy atom. The second-order valence-electron chi connectivity index (χ2n) is 3.24. The van der Waals surface area contributed by atoms with Crippen molar-refractivity contribution >= 4 is 5.78 Å². The first-order chi connectivity index (χ1) is 5.13. The zero-order chi connectivity index (χ0) is 8.85. The van der Waals surface area contributed by atoms with Crippen LogP contribution in [0.5, 0.6) is 0 Å². The van der Waals surface area contributed by atoms with Crippen molar-refractivity contribution < 1.29 is 4.79 Å². The Hall–Kier alpha value is -0.330. The van der Waals surface area contributed by atoms with Gasteiger partial charge >= 0.3 is 0 Å². The molecule has 0 N–H and O–H groups in total. The molecule has 0 aromatic heterocycles. The first kappa shape index (κ1) is 10.7. The lowest BCUT2D eigenvalue weighted by molar-refractivity contribution is -0.122. The highest BCUT2D eigenvalue weighted by Crippen LogP contribution is 2.20. The van der Waals surface area contributed by atoms with Gasteiger partial charge in [0.15, 0.2) is 0 Å². The van der Waals surface area contributed by atoms with Crippen LogP contribution >= 0.6 is 0 Å². The van der Waals surface area contributed by atoms with Gasteiger partial charge in [0.2, 0.25) is 0 Å². The van der Waals surface area contributed by atoms with Crippen molar-refractivity contribution in [3.63, 3.8) is 0 Å². The molecule has 1 radical (unpaired) electrons. The van der Waals surface area contributed by atoms with Gasteiger partial charge in [0, 0.05) is 12.3 Å². The smallest absolute Gasteiger partial charge is 0.136 e. The lowest BCUT2D eigenvalue weighted by atomic mass is 9.87. The number of hydrogen-bond acceptors (Lipinski definition) is 1. The Balaban J connectivity index is 3.98. The second kappa shape index (κ2) is 5.34. The summed E-state index contributed by atoms with van der Waals surface area (Å²) in [6.07, 6.45) is 2.80. The highest BCUT2D eigenvalue weighted by molar-refractivity contribution is 5.82. The van der Waals surface area contributed by atoms with Gasteiger partial charge in [-0.2, -0.15) is 0 Å². The quantitative estimate of drug-likeness (QED) is 0.596. The molecule has 0 spiro atoms. The Morgan fingerprint density at radius 3 is 2.09 bits per heavy atom. The molecule has 0 aliphatic carbocycles. The fraction of sp³-hybridized carbons (Fsp3) is 0.800. The van der Waals surface area contributed by atoms with E-state index in [-0.39, 0.29) is 5.92 Å². The normalized spacial score (nSPS) is 13.5. The first-order valence-corrected chi connectivity index (χ1v) is 4.46. The Kier molecular flexibility index (Phi) is 5.18. The molecule has 0 aliphatic rings. The van der Waals surface area contributed by atoms with Crippen LogP contribution in [0.15, 0.2) is 0 Å². The van der Waals surface area contributed by atoms with Gasteiger partial charge in [-0.05, 0) is 12.3 Å². The molecule has 0 aromatic rings. The predicted molar refractivity (Wildman–Crippen MR) is 48.3 cm³/mol. The van der Waals surface area contributed by atoms with Gasteiger partial charge in [-0.15, -0.1) is 0 Å². The zero-order valence-electron chi connectivity index (χ0n) is 8.11. The van der Waals surface area contributed by atoms with Crippen LogP contribution in [-0.2, 0) is 4.79 Å². The Labute approximate surface area is 70.2 Å². The van der Waals surface area contributed by atoms with Crippen LogP contribution in [0.4, 0.5) is 0 Å². The molecule has 0 bridgehead atoms. The molecule has 0 fully saturated rings. The predicted octanol–water partition coefficient (Wildman–Crippen LogP) is 3.00. The molecule has 0 rings (SSSR count). The highest BCUT2D eigenvalue weighted by Gasteiger charge is 2.19.